The van der Waals surface area contributed by atoms with Crippen LogP contribution >= 0.6 is 0 Å². The first kappa shape index (κ1) is 69.2. The van der Waals surface area contributed by atoms with Crippen LogP contribution in [0.5, 0.6) is 0 Å². The summed E-state index contributed by atoms with van der Waals surface area (Å²) in [5, 5.41) is 14.5. The van der Waals surface area contributed by atoms with Gasteiger partial charge in [-0.05, 0) is 177 Å². The van der Waals surface area contributed by atoms with Gasteiger partial charge in [-0.3, -0.25) is 0 Å². The van der Waals surface area contributed by atoms with Crippen molar-refractivity contribution in [1.29, 1.82) is 0 Å². The van der Waals surface area contributed by atoms with E-state index in [1.165, 1.54) is 75.9 Å². The van der Waals surface area contributed by atoms with Gasteiger partial charge in [0.25, 0.3) is 0 Å². The van der Waals surface area contributed by atoms with Gasteiger partial charge in [0.15, 0.2) is 34.9 Å². The van der Waals surface area contributed by atoms with Crippen molar-refractivity contribution in [2.45, 2.75) is 0 Å². The van der Waals surface area contributed by atoms with Crippen molar-refractivity contribution in [2.24, 2.45) is 0 Å². The fourth-order valence-corrected chi connectivity index (χ4v) is 17.9. The summed E-state index contributed by atoms with van der Waals surface area (Å²) in [5.41, 5.74) is 23.8. The molecule has 120 heavy (non-hydrogen) atoms. The lowest BCUT2D eigenvalue weighted by Gasteiger charge is -2.14. The van der Waals surface area contributed by atoms with Crippen LogP contribution in [0.15, 0.2) is 425 Å². The maximum absolute atomic E-state index is 5.23. The SMILES string of the molecule is c1ccc(-c2ccccc2-c2nc(-c3ccc(-n4c5ccccc5c5cc(-n6c7ccccc7c7ccccc76)ccc54)cc3)nc(-c3ccccc3-c3ccccc3)n2)cc1.c1ccc2cc(-c3nc(-c4ccc(-n5c6ccccc6c6cc(-n7c8ccccc8c8ccccc87)ccc65)cc4)nc(-c4ccc5ccccc5c4)n3)ccc2c1. The van der Waals surface area contributed by atoms with Crippen molar-refractivity contribution in [3.63, 3.8) is 0 Å². The zero-order chi connectivity index (χ0) is 79.1. The van der Waals surface area contributed by atoms with Gasteiger partial charge in [0, 0.05) is 99.2 Å². The van der Waals surface area contributed by atoms with Crippen LogP contribution < -0.4 is 0 Å². The number of rotatable bonds is 12. The molecule has 0 unspecified atom stereocenters. The fraction of sp³-hybridized carbons (Fsp3) is 0. The Bertz CT molecular complexity index is 7850. The molecule has 10 heteroatoms. The van der Waals surface area contributed by atoms with Crippen LogP contribution in [0.25, 0.3) is 222 Å². The van der Waals surface area contributed by atoms with E-state index < -0.39 is 0 Å². The third-order valence-electron chi connectivity index (χ3n) is 23.5. The summed E-state index contributed by atoms with van der Waals surface area (Å²) in [6, 6.07) is 150. The first-order chi connectivity index (χ1) is 59.5. The number of hydrogen-bond acceptors (Lipinski definition) is 6. The van der Waals surface area contributed by atoms with Crippen molar-refractivity contribution >= 4 is 109 Å². The molecule has 0 fully saturated rings. The Hall–Kier alpha value is -16.3. The van der Waals surface area contributed by atoms with E-state index in [4.69, 9.17) is 29.9 Å². The third kappa shape index (κ3) is 12.0. The van der Waals surface area contributed by atoms with E-state index in [0.717, 1.165) is 111 Å². The number of para-hydroxylation sites is 6. The lowest BCUT2D eigenvalue weighted by atomic mass is 9.98. The summed E-state index contributed by atoms with van der Waals surface area (Å²) in [5.74, 6) is 3.77. The number of benzene rings is 18. The van der Waals surface area contributed by atoms with Gasteiger partial charge in [0.05, 0.1) is 44.1 Å². The standard InChI is InChI=1S/C57H37N5.C53H33N5/c1-3-17-38(18-4-1)43-21-7-9-26-48(43)56-58-55(59-57(60-56)49-27-10-8-22-44(49)39-19-5-2-6-20-39)40-31-33-41(34-32-40)61-53-30-16-13-25-47(53)50-37-42(35-36-54(50)61)62-51-28-14-11-23-45(51)46-24-12-15-29-52(46)62;1-3-13-37-31-39(23-21-34(37)11-1)52-54-51(55-53(56-52)40-24-22-35-12-2-4-14-38(35)32-40)36-25-27-41(28-26-36)57-49-20-10-7-17-45(49)46-33-42(29-30-50(46)57)58-47-18-8-5-15-43(47)44-16-6-9-19-48(44)58/h1-37H;1-33H. The van der Waals surface area contributed by atoms with Crippen LogP contribution in [0.1, 0.15) is 0 Å². The number of fused-ring (bicyclic) bond motifs is 14. The van der Waals surface area contributed by atoms with E-state index in [0.29, 0.717) is 34.9 Å². The zero-order valence-electron chi connectivity index (χ0n) is 64.9. The lowest BCUT2D eigenvalue weighted by molar-refractivity contribution is 1.07. The number of nitrogens with zero attached hydrogens (tertiary/aromatic N) is 10. The van der Waals surface area contributed by atoms with Gasteiger partial charge in [-0.25, -0.2) is 29.9 Å². The molecule has 0 amide bonds. The second-order valence-corrected chi connectivity index (χ2v) is 30.5. The highest BCUT2D eigenvalue weighted by molar-refractivity contribution is 6.14. The van der Waals surface area contributed by atoms with Crippen molar-refractivity contribution in [3.05, 3.63) is 425 Å². The average Bonchev–Trinajstić information content (AvgIpc) is 1.56. The minimum Gasteiger partial charge on any atom is -0.309 e. The van der Waals surface area contributed by atoms with Crippen molar-refractivity contribution in [2.75, 3.05) is 0 Å². The van der Waals surface area contributed by atoms with Crippen LogP contribution in [-0.2, 0) is 0 Å². The van der Waals surface area contributed by atoms with Gasteiger partial charge in [-0.1, -0.05) is 291 Å². The van der Waals surface area contributed by atoms with Gasteiger partial charge in [0.1, 0.15) is 0 Å². The predicted octanol–water partition coefficient (Wildman–Crippen LogP) is 27.8. The molecular formula is C110H70N10. The molecule has 560 valence electrons. The number of hydrogen-bond donors (Lipinski definition) is 0. The normalized spacial score (nSPS) is 11.7. The minimum absolute atomic E-state index is 0.611. The highest BCUT2D eigenvalue weighted by Crippen LogP contribution is 2.43. The molecule has 0 bridgehead atoms. The molecule has 0 aliphatic heterocycles. The summed E-state index contributed by atoms with van der Waals surface area (Å²) in [7, 11) is 0. The summed E-state index contributed by atoms with van der Waals surface area (Å²) >= 11 is 0. The minimum atomic E-state index is 0.611. The Morgan fingerprint density at radius 3 is 0.733 bits per heavy atom. The molecule has 24 aromatic rings. The Labute approximate surface area is 690 Å². The van der Waals surface area contributed by atoms with E-state index in [-0.39, 0.29) is 0 Å². The Morgan fingerprint density at radius 1 is 0.133 bits per heavy atom. The predicted molar refractivity (Wildman–Crippen MR) is 496 cm³/mol. The van der Waals surface area contributed by atoms with Gasteiger partial charge >= 0.3 is 0 Å². The average molecular weight is 1530 g/mol. The molecule has 0 N–H and O–H groups in total. The van der Waals surface area contributed by atoms with Gasteiger partial charge in [-0.15, -0.1) is 0 Å². The second kappa shape index (κ2) is 28.9. The molecule has 6 heterocycles. The van der Waals surface area contributed by atoms with Gasteiger partial charge < -0.3 is 18.3 Å². The summed E-state index contributed by atoms with van der Waals surface area (Å²) in [4.78, 5) is 31.0. The second-order valence-electron chi connectivity index (χ2n) is 30.5. The third-order valence-corrected chi connectivity index (χ3v) is 23.5. The molecule has 0 atom stereocenters. The van der Waals surface area contributed by atoms with Gasteiger partial charge in [-0.2, -0.15) is 0 Å². The quantitative estimate of drug-likeness (QED) is 0.121. The smallest absolute Gasteiger partial charge is 0.164 e. The van der Waals surface area contributed by atoms with Crippen LogP contribution in [0, 0.1) is 0 Å². The molecule has 0 saturated heterocycles. The molecule has 18 aromatic carbocycles. The van der Waals surface area contributed by atoms with E-state index in [2.05, 4.69) is 431 Å². The van der Waals surface area contributed by atoms with Crippen LogP contribution in [0.2, 0.25) is 0 Å². The van der Waals surface area contributed by atoms with E-state index in [9.17, 15) is 0 Å². The largest absolute Gasteiger partial charge is 0.309 e. The van der Waals surface area contributed by atoms with Crippen molar-refractivity contribution in [3.8, 4) is 113 Å². The molecule has 24 rings (SSSR count). The van der Waals surface area contributed by atoms with E-state index >= 15 is 0 Å². The Morgan fingerprint density at radius 2 is 0.375 bits per heavy atom. The molecule has 0 aliphatic carbocycles. The molecule has 0 saturated carbocycles. The molecule has 0 radical (unpaired) electrons. The Kier molecular flexibility index (Phi) is 16.7. The molecule has 6 aromatic heterocycles. The van der Waals surface area contributed by atoms with Crippen LogP contribution in [0.3, 0.4) is 0 Å². The first-order valence-corrected chi connectivity index (χ1v) is 40.6. The van der Waals surface area contributed by atoms with Gasteiger partial charge in [0.2, 0.25) is 0 Å². The summed E-state index contributed by atoms with van der Waals surface area (Å²) < 4.78 is 9.50. The highest BCUT2D eigenvalue weighted by atomic mass is 15.1. The molecule has 0 spiro atoms. The van der Waals surface area contributed by atoms with Crippen molar-refractivity contribution < 1.29 is 0 Å². The maximum Gasteiger partial charge on any atom is 0.164 e. The van der Waals surface area contributed by atoms with Crippen LogP contribution in [-0.4, -0.2) is 48.2 Å². The maximum atomic E-state index is 5.23. The van der Waals surface area contributed by atoms with E-state index in [1.807, 2.05) is 12.1 Å². The first-order valence-electron chi connectivity index (χ1n) is 40.6. The van der Waals surface area contributed by atoms with Crippen LogP contribution in [0.4, 0.5) is 0 Å². The summed E-state index contributed by atoms with van der Waals surface area (Å²) in [6.07, 6.45) is 0. The monoisotopic (exact) mass is 1530 g/mol. The number of aromatic nitrogens is 10. The topological polar surface area (TPSA) is 97.1 Å². The lowest BCUT2D eigenvalue weighted by Crippen LogP contribution is -2.02. The highest BCUT2D eigenvalue weighted by Gasteiger charge is 2.23. The zero-order valence-corrected chi connectivity index (χ0v) is 64.9. The van der Waals surface area contributed by atoms with Crippen molar-refractivity contribution in [1.82, 2.24) is 48.2 Å². The Balaban J connectivity index is 0.000000140. The molecular weight excluding hydrogens is 1460 g/mol. The molecule has 0 aliphatic rings. The fourth-order valence-electron chi connectivity index (χ4n) is 17.9. The van der Waals surface area contributed by atoms with E-state index in [1.54, 1.807) is 0 Å². The molecule has 10 nitrogen and oxygen atoms in total. The summed E-state index contributed by atoms with van der Waals surface area (Å²) in [6.45, 7) is 0.